The molecule has 0 aromatic heterocycles. The Labute approximate surface area is 145 Å². The molecule has 0 saturated carbocycles. The Morgan fingerprint density at radius 2 is 2.08 bits per heavy atom. The zero-order valence-electron chi connectivity index (χ0n) is 14.8. The first-order chi connectivity index (χ1) is 11.3. The Balaban J connectivity index is 1.76. The lowest BCUT2D eigenvalue weighted by Gasteiger charge is -2.32. The van der Waals surface area contributed by atoms with Gasteiger partial charge in [-0.1, -0.05) is 19.1 Å². The molecule has 0 unspecified atom stereocenters. The average Bonchev–Trinajstić information content (AvgIpc) is 2.81. The lowest BCUT2D eigenvalue weighted by atomic mass is 9.98. The number of hydrogen-bond donors (Lipinski definition) is 1. The molecule has 1 aromatic rings. The number of benzene rings is 1. The van der Waals surface area contributed by atoms with Crippen LogP contribution in [0.5, 0.6) is 0 Å². The first-order valence-electron chi connectivity index (χ1n) is 8.78. The second-order valence-corrected chi connectivity index (χ2v) is 9.38. The zero-order valence-corrected chi connectivity index (χ0v) is 15.6. The molecule has 3 rings (SSSR count). The molecule has 2 aliphatic heterocycles. The Morgan fingerprint density at radius 3 is 2.75 bits per heavy atom. The second-order valence-electron chi connectivity index (χ2n) is 7.52. The zero-order chi connectivity index (χ0) is 17.5. The van der Waals surface area contributed by atoms with Gasteiger partial charge in [-0.25, -0.2) is 8.42 Å². The van der Waals surface area contributed by atoms with Crippen molar-refractivity contribution in [2.45, 2.75) is 45.3 Å². The molecule has 2 heterocycles. The van der Waals surface area contributed by atoms with Gasteiger partial charge in [-0.15, -0.1) is 0 Å². The molecule has 24 heavy (non-hydrogen) atoms. The number of fused-ring (bicyclic) bond motifs is 1. The van der Waals surface area contributed by atoms with Crippen molar-refractivity contribution in [3.63, 3.8) is 0 Å². The van der Waals surface area contributed by atoms with Crippen LogP contribution in [0, 0.1) is 5.92 Å². The van der Waals surface area contributed by atoms with E-state index in [9.17, 15) is 13.5 Å². The molecule has 0 spiro atoms. The van der Waals surface area contributed by atoms with Gasteiger partial charge in [-0.3, -0.25) is 4.31 Å². The van der Waals surface area contributed by atoms with Crippen LogP contribution in [0.15, 0.2) is 18.2 Å². The normalized spacial score (nSPS) is 26.4. The number of likely N-dealkylation sites (tertiary alicyclic amines) is 1. The van der Waals surface area contributed by atoms with Crippen molar-refractivity contribution in [2.75, 3.05) is 30.2 Å². The highest BCUT2D eigenvalue weighted by Gasteiger charge is 2.33. The monoisotopic (exact) mass is 352 g/mol. The van der Waals surface area contributed by atoms with Crippen LogP contribution in [0.2, 0.25) is 0 Å². The van der Waals surface area contributed by atoms with Crippen molar-refractivity contribution in [3.8, 4) is 0 Å². The Bertz CT molecular complexity index is 704. The summed E-state index contributed by atoms with van der Waals surface area (Å²) in [6.45, 7) is 6.92. The molecule has 0 bridgehead atoms. The Kier molecular flexibility index (Phi) is 4.91. The van der Waals surface area contributed by atoms with Gasteiger partial charge in [0.15, 0.2) is 0 Å². The van der Waals surface area contributed by atoms with Crippen molar-refractivity contribution in [1.29, 1.82) is 0 Å². The molecular weight excluding hydrogens is 324 g/mol. The van der Waals surface area contributed by atoms with Crippen LogP contribution in [0.4, 0.5) is 5.69 Å². The van der Waals surface area contributed by atoms with Gasteiger partial charge in [0.25, 0.3) is 0 Å². The molecular formula is C18H28N2O3S. The summed E-state index contributed by atoms with van der Waals surface area (Å²) in [5.74, 6) is 0.690. The highest BCUT2D eigenvalue weighted by atomic mass is 32.2. The van der Waals surface area contributed by atoms with E-state index in [0.29, 0.717) is 18.9 Å². The third-order valence-electron chi connectivity index (χ3n) is 5.17. The molecule has 3 atom stereocenters. The number of β-amino-alcohol motifs (C(OH)–C–C–N with tert-alkyl or cyclic N) is 1. The minimum Gasteiger partial charge on any atom is -0.387 e. The maximum atomic E-state index is 12.0. The van der Waals surface area contributed by atoms with Crippen LogP contribution in [0.1, 0.15) is 43.9 Å². The van der Waals surface area contributed by atoms with Crippen molar-refractivity contribution >= 4 is 15.7 Å². The van der Waals surface area contributed by atoms with Gasteiger partial charge in [0.2, 0.25) is 10.0 Å². The van der Waals surface area contributed by atoms with E-state index in [1.807, 2.05) is 25.1 Å². The number of rotatable bonds is 4. The second kappa shape index (κ2) is 6.65. The van der Waals surface area contributed by atoms with E-state index in [2.05, 4.69) is 11.8 Å². The molecule has 0 radical (unpaired) electrons. The van der Waals surface area contributed by atoms with Gasteiger partial charge < -0.3 is 10.0 Å². The van der Waals surface area contributed by atoms with Crippen LogP contribution in [0.25, 0.3) is 0 Å². The number of sulfonamides is 1. The Morgan fingerprint density at radius 1 is 1.33 bits per heavy atom. The van der Waals surface area contributed by atoms with Crippen molar-refractivity contribution < 1.29 is 13.5 Å². The maximum Gasteiger partial charge on any atom is 0.232 e. The summed E-state index contributed by atoms with van der Waals surface area (Å²) in [4.78, 5) is 2.33. The van der Waals surface area contributed by atoms with Gasteiger partial charge in [0.05, 0.1) is 18.0 Å². The summed E-state index contributed by atoms with van der Waals surface area (Å²) >= 11 is 0. The summed E-state index contributed by atoms with van der Waals surface area (Å²) in [5.41, 5.74) is 2.65. The summed E-state index contributed by atoms with van der Waals surface area (Å²) in [6.07, 6.45) is 3.88. The molecule has 6 heteroatoms. The number of aliphatic hydroxyl groups excluding tert-OH is 1. The fourth-order valence-corrected chi connectivity index (χ4v) is 5.40. The van der Waals surface area contributed by atoms with Crippen LogP contribution < -0.4 is 4.31 Å². The van der Waals surface area contributed by atoms with E-state index in [0.717, 1.165) is 29.9 Å². The van der Waals surface area contributed by atoms with Crippen LogP contribution >= 0.6 is 0 Å². The highest BCUT2D eigenvalue weighted by molar-refractivity contribution is 7.92. The fraction of sp³-hybridized carbons (Fsp3) is 0.667. The van der Waals surface area contributed by atoms with Crippen LogP contribution in [-0.4, -0.2) is 50.4 Å². The number of anilines is 1. The van der Waals surface area contributed by atoms with Crippen molar-refractivity contribution in [2.24, 2.45) is 5.92 Å². The van der Waals surface area contributed by atoms with Gasteiger partial charge in [0.1, 0.15) is 0 Å². The average molecular weight is 353 g/mol. The molecule has 1 aromatic carbocycles. The van der Waals surface area contributed by atoms with Crippen LogP contribution in [0.3, 0.4) is 0 Å². The molecule has 0 amide bonds. The summed E-state index contributed by atoms with van der Waals surface area (Å²) in [6, 6.07) is 5.63. The fourth-order valence-electron chi connectivity index (χ4n) is 4.14. The molecule has 1 N–H and O–H groups in total. The minimum atomic E-state index is -3.26. The maximum absolute atomic E-state index is 12.0. The summed E-state index contributed by atoms with van der Waals surface area (Å²) < 4.78 is 25.5. The van der Waals surface area contributed by atoms with Gasteiger partial charge in [0, 0.05) is 19.1 Å². The molecule has 1 saturated heterocycles. The highest BCUT2D eigenvalue weighted by Crippen LogP contribution is 2.36. The third kappa shape index (κ3) is 3.60. The van der Waals surface area contributed by atoms with Crippen molar-refractivity contribution in [3.05, 3.63) is 29.3 Å². The van der Waals surface area contributed by atoms with Gasteiger partial charge in [-0.05, 0) is 55.8 Å². The van der Waals surface area contributed by atoms with E-state index < -0.39 is 16.1 Å². The standard InChI is InChI=1S/C18H28N2O3S/c1-13-5-4-8-19(11-13)12-18(21)15-6-7-17-16(10-15)9-14(2)20(17)24(3,22)23/h6-7,10,13-14,18,21H,4-5,8-9,11-12H2,1-3H3/t13-,14+,18-/m1/s1. The first kappa shape index (κ1) is 17.7. The van der Waals surface area contributed by atoms with Gasteiger partial charge >= 0.3 is 0 Å². The minimum absolute atomic E-state index is 0.0645. The van der Waals surface area contributed by atoms with Crippen LogP contribution in [-0.2, 0) is 16.4 Å². The first-order valence-corrected chi connectivity index (χ1v) is 10.6. The third-order valence-corrected chi connectivity index (χ3v) is 6.44. The quantitative estimate of drug-likeness (QED) is 0.902. The van der Waals surface area contributed by atoms with Crippen molar-refractivity contribution in [1.82, 2.24) is 4.90 Å². The Hall–Kier alpha value is -1.11. The van der Waals surface area contributed by atoms with E-state index in [-0.39, 0.29) is 6.04 Å². The molecule has 134 valence electrons. The number of nitrogens with zero attached hydrogens (tertiary/aromatic N) is 2. The molecule has 0 aliphatic carbocycles. The summed E-state index contributed by atoms with van der Waals surface area (Å²) in [7, 11) is -3.26. The molecule has 2 aliphatic rings. The summed E-state index contributed by atoms with van der Waals surface area (Å²) in [5, 5.41) is 10.6. The van der Waals surface area contributed by atoms with E-state index >= 15 is 0 Å². The molecule has 5 nitrogen and oxygen atoms in total. The van der Waals surface area contributed by atoms with Gasteiger partial charge in [-0.2, -0.15) is 0 Å². The number of hydrogen-bond acceptors (Lipinski definition) is 4. The largest absolute Gasteiger partial charge is 0.387 e. The molecule has 1 fully saturated rings. The predicted molar refractivity (Wildman–Crippen MR) is 96.7 cm³/mol. The van der Waals surface area contributed by atoms with E-state index in [4.69, 9.17) is 0 Å². The topological polar surface area (TPSA) is 60.9 Å². The number of piperidine rings is 1. The smallest absolute Gasteiger partial charge is 0.232 e. The predicted octanol–water partition coefficient (Wildman–Crippen LogP) is 2.16. The van der Waals surface area contributed by atoms with E-state index in [1.165, 1.54) is 23.4 Å². The lowest BCUT2D eigenvalue weighted by Crippen LogP contribution is -2.37. The lowest BCUT2D eigenvalue weighted by molar-refractivity contribution is 0.0875. The van der Waals surface area contributed by atoms with E-state index in [1.54, 1.807) is 0 Å². The number of aliphatic hydroxyl groups is 1. The SMILES string of the molecule is C[C@@H]1CCCN(C[C@@H](O)c2ccc3c(c2)C[C@H](C)N3S(C)(=O)=O)C1.